The number of hydrazone groups is 1. The Morgan fingerprint density at radius 1 is 1.19 bits per heavy atom. The Balaban J connectivity index is 1.47. The number of fused-ring (bicyclic) bond motifs is 4. The van der Waals surface area contributed by atoms with Crippen LogP contribution in [0.2, 0.25) is 0 Å². The van der Waals surface area contributed by atoms with Gasteiger partial charge in [-0.25, -0.2) is 9.97 Å². The number of quaternary nitrogens is 1. The highest BCUT2D eigenvalue weighted by molar-refractivity contribution is 7.19. The fourth-order valence-corrected chi connectivity index (χ4v) is 5.12. The summed E-state index contributed by atoms with van der Waals surface area (Å²) in [6.07, 6.45) is 8.34. The van der Waals surface area contributed by atoms with E-state index in [2.05, 4.69) is 57.0 Å². The number of thiophene rings is 1. The molecule has 1 aromatic carbocycles. The van der Waals surface area contributed by atoms with E-state index in [1.54, 1.807) is 17.7 Å². The lowest BCUT2D eigenvalue weighted by Gasteiger charge is -2.11. The van der Waals surface area contributed by atoms with Gasteiger partial charge in [0.1, 0.15) is 22.5 Å². The van der Waals surface area contributed by atoms with E-state index < -0.39 is 0 Å². The molecule has 2 aromatic heterocycles. The topological polar surface area (TPSA) is 66.8 Å². The van der Waals surface area contributed by atoms with Crippen LogP contribution in [-0.4, -0.2) is 16.2 Å². The van der Waals surface area contributed by atoms with Crippen molar-refractivity contribution in [2.75, 3.05) is 5.43 Å². The first-order valence-electron chi connectivity index (χ1n) is 9.00. The number of rotatable bonds is 3. The zero-order chi connectivity index (χ0) is 17.5. The van der Waals surface area contributed by atoms with Crippen LogP contribution in [-0.2, 0) is 12.8 Å². The van der Waals surface area contributed by atoms with Gasteiger partial charge in [-0.15, -0.1) is 11.3 Å². The first-order chi connectivity index (χ1) is 12.8. The Hall–Kier alpha value is -2.57. The minimum atomic E-state index is 0.819. The van der Waals surface area contributed by atoms with Crippen LogP contribution < -0.4 is 10.7 Å². The number of anilines is 1. The van der Waals surface area contributed by atoms with Gasteiger partial charge in [0.25, 0.3) is 0 Å². The summed E-state index contributed by atoms with van der Waals surface area (Å²) in [5.41, 5.74) is 9.48. The lowest BCUT2D eigenvalue weighted by Crippen LogP contribution is -2.73. The molecule has 0 fully saturated rings. The highest BCUT2D eigenvalue weighted by atomic mass is 32.1. The lowest BCUT2D eigenvalue weighted by molar-refractivity contribution is -0.512. The summed E-state index contributed by atoms with van der Waals surface area (Å²) in [6.45, 7) is 2.12. The van der Waals surface area contributed by atoms with E-state index in [-0.39, 0.29) is 0 Å². The highest BCUT2D eigenvalue weighted by Crippen LogP contribution is 2.38. The van der Waals surface area contributed by atoms with Crippen molar-refractivity contribution in [1.82, 2.24) is 9.97 Å². The summed E-state index contributed by atoms with van der Waals surface area (Å²) in [5, 5.41) is 7.88. The average Bonchev–Trinajstić information content (AvgIpc) is 3.20. The number of nitrogens with two attached hydrogens (primary N) is 1. The normalized spacial score (nSPS) is 16.3. The van der Waals surface area contributed by atoms with Crippen LogP contribution in [0.5, 0.6) is 0 Å². The average molecular weight is 362 g/mol. The number of aromatic nitrogens is 2. The molecule has 0 atom stereocenters. The van der Waals surface area contributed by atoms with Crippen molar-refractivity contribution in [2.24, 2.45) is 5.10 Å². The van der Waals surface area contributed by atoms with E-state index in [0.29, 0.717) is 0 Å². The van der Waals surface area contributed by atoms with E-state index in [9.17, 15) is 0 Å². The van der Waals surface area contributed by atoms with Crippen LogP contribution in [0.3, 0.4) is 0 Å². The highest BCUT2D eigenvalue weighted by Gasteiger charge is 2.22. The molecule has 0 amide bonds. The van der Waals surface area contributed by atoms with Crippen molar-refractivity contribution in [3.05, 3.63) is 52.3 Å². The second-order valence-corrected chi connectivity index (χ2v) is 7.90. The van der Waals surface area contributed by atoms with Crippen molar-refractivity contribution < 1.29 is 5.32 Å². The molecular weight excluding hydrogens is 342 g/mol. The van der Waals surface area contributed by atoms with E-state index >= 15 is 0 Å². The minimum Gasteiger partial charge on any atom is -0.284 e. The molecule has 5 nitrogen and oxygen atoms in total. The Labute approximate surface area is 155 Å². The fraction of sp³-hybridized carbons (Fsp3) is 0.250. The number of benzene rings is 1. The van der Waals surface area contributed by atoms with Gasteiger partial charge in [-0.3, -0.25) is 10.7 Å². The third-order valence-corrected chi connectivity index (χ3v) is 6.36. The number of aryl methyl sites for hydroxylation is 2. The standard InChI is InChI=1S/C20H19N5S/c1-12-15(13-6-2-4-8-16(13)24-12)10-23-25-19-18-14-7-3-5-9-17(14)26-20(18)22-11-21-19/h2,4,6,8,10-11,24H,3,5,7,9H2,1H3,(H,21,22,25)/p+1/b23-10+. The number of nitrogens with one attached hydrogen (secondary N) is 1. The molecule has 0 bridgehead atoms. The summed E-state index contributed by atoms with van der Waals surface area (Å²) >= 11 is 1.81. The van der Waals surface area contributed by atoms with Crippen LogP contribution >= 0.6 is 11.3 Å². The Bertz CT molecular complexity index is 1060. The molecule has 26 heavy (non-hydrogen) atoms. The van der Waals surface area contributed by atoms with Gasteiger partial charge in [-0.2, -0.15) is 5.10 Å². The summed E-state index contributed by atoms with van der Waals surface area (Å²) in [5.74, 6) is 0.819. The molecule has 0 saturated heterocycles. The molecule has 130 valence electrons. The largest absolute Gasteiger partial charge is 0.284 e. The fourth-order valence-electron chi connectivity index (χ4n) is 3.90. The second-order valence-electron chi connectivity index (χ2n) is 6.81. The monoisotopic (exact) mass is 362 g/mol. The molecule has 6 heteroatoms. The maximum absolute atomic E-state index is 4.51. The number of nitrogens with zero attached hydrogens (tertiary/aromatic N) is 3. The van der Waals surface area contributed by atoms with Gasteiger partial charge >= 0.3 is 0 Å². The van der Waals surface area contributed by atoms with Crippen molar-refractivity contribution in [3.8, 4) is 0 Å². The first kappa shape index (κ1) is 15.7. The Morgan fingerprint density at radius 2 is 2.08 bits per heavy atom. The summed E-state index contributed by atoms with van der Waals surface area (Å²) in [7, 11) is 0. The zero-order valence-electron chi connectivity index (χ0n) is 14.6. The molecule has 5 rings (SSSR count). The summed E-state index contributed by atoms with van der Waals surface area (Å²) in [4.78, 5) is 11.5. The van der Waals surface area contributed by atoms with E-state index in [1.165, 1.54) is 40.2 Å². The van der Waals surface area contributed by atoms with Crippen LogP contribution in [0, 0.1) is 0 Å². The number of allylic oxidation sites excluding steroid dienone is 2. The zero-order valence-corrected chi connectivity index (χ0v) is 15.4. The third kappa shape index (κ3) is 2.53. The maximum Gasteiger partial charge on any atom is 0.158 e. The lowest BCUT2D eigenvalue weighted by atomic mass is 9.97. The molecule has 1 aliphatic carbocycles. The molecule has 1 aliphatic heterocycles. The smallest absolute Gasteiger partial charge is 0.158 e. The first-order valence-corrected chi connectivity index (χ1v) is 9.82. The van der Waals surface area contributed by atoms with Crippen molar-refractivity contribution in [2.45, 2.75) is 32.6 Å². The molecule has 0 saturated carbocycles. The van der Waals surface area contributed by atoms with Crippen molar-refractivity contribution >= 4 is 44.8 Å². The van der Waals surface area contributed by atoms with Crippen molar-refractivity contribution in [3.63, 3.8) is 0 Å². The summed E-state index contributed by atoms with van der Waals surface area (Å²) in [6, 6.07) is 8.41. The molecule has 0 spiro atoms. The Kier molecular flexibility index (Phi) is 3.80. The maximum atomic E-state index is 4.51. The minimum absolute atomic E-state index is 0.819. The second kappa shape index (κ2) is 6.30. The van der Waals surface area contributed by atoms with E-state index in [1.807, 2.05) is 6.21 Å². The Morgan fingerprint density at radius 3 is 3.04 bits per heavy atom. The van der Waals surface area contributed by atoms with Crippen LogP contribution in [0.25, 0.3) is 15.8 Å². The molecule has 3 aromatic rings. The number of hydrogen-bond acceptors (Lipinski definition) is 5. The van der Waals surface area contributed by atoms with E-state index in [0.717, 1.165) is 34.4 Å². The molecule has 3 N–H and O–H groups in total. The van der Waals surface area contributed by atoms with Gasteiger partial charge in [0.15, 0.2) is 5.82 Å². The molecular formula is C20H20N5S+. The summed E-state index contributed by atoms with van der Waals surface area (Å²) < 4.78 is 0. The van der Waals surface area contributed by atoms with Gasteiger partial charge < -0.3 is 0 Å². The van der Waals surface area contributed by atoms with Crippen LogP contribution in [0.4, 0.5) is 11.5 Å². The van der Waals surface area contributed by atoms with Gasteiger partial charge in [-0.1, -0.05) is 12.1 Å². The molecule has 0 unspecified atom stereocenters. The number of para-hydroxylation sites is 1. The van der Waals surface area contributed by atoms with E-state index in [4.69, 9.17) is 0 Å². The number of hydrogen-bond donors (Lipinski definition) is 2. The predicted molar refractivity (Wildman–Crippen MR) is 107 cm³/mol. The van der Waals surface area contributed by atoms with Crippen LogP contribution in [0.1, 0.15) is 35.8 Å². The van der Waals surface area contributed by atoms with Gasteiger partial charge in [-0.05, 0) is 37.3 Å². The van der Waals surface area contributed by atoms with Crippen molar-refractivity contribution in [1.29, 1.82) is 0 Å². The van der Waals surface area contributed by atoms with Gasteiger partial charge in [0, 0.05) is 17.9 Å². The predicted octanol–water partition coefficient (Wildman–Crippen LogP) is 3.61. The molecule has 3 heterocycles. The van der Waals surface area contributed by atoms with Crippen LogP contribution in [0.15, 0.2) is 41.4 Å². The SMILES string of the molecule is CC1=C(/C=N/Nc2ncnc3sc4c(c23)CCCC4)c2ccccc2[NH2+]1. The quantitative estimate of drug-likeness (QED) is 0.425. The molecule has 0 radical (unpaired) electrons. The van der Waals surface area contributed by atoms with Gasteiger partial charge in [0.05, 0.1) is 22.7 Å². The van der Waals surface area contributed by atoms with Gasteiger partial charge in [0.2, 0.25) is 0 Å². The molecule has 2 aliphatic rings. The third-order valence-electron chi connectivity index (χ3n) is 5.16.